The number of carbonyl (C=O) groups is 2. The van der Waals surface area contributed by atoms with Crippen LogP contribution in [0, 0.1) is 0 Å². The highest BCUT2D eigenvalue weighted by atomic mass is 16.5. The monoisotopic (exact) mass is 447 g/mol. The van der Waals surface area contributed by atoms with Gasteiger partial charge in [-0.05, 0) is 35.9 Å². The zero-order valence-corrected chi connectivity index (χ0v) is 18.0. The minimum atomic E-state index is -0.971. The van der Waals surface area contributed by atoms with E-state index in [0.29, 0.717) is 41.5 Å². The van der Waals surface area contributed by atoms with Gasteiger partial charge in [0.2, 0.25) is 0 Å². The van der Waals surface area contributed by atoms with Crippen LogP contribution in [0.25, 0.3) is 5.76 Å². The molecule has 1 unspecified atom stereocenters. The third kappa shape index (κ3) is 3.40. The van der Waals surface area contributed by atoms with Gasteiger partial charge in [-0.15, -0.1) is 0 Å². The van der Waals surface area contributed by atoms with E-state index in [4.69, 9.17) is 18.6 Å². The summed E-state index contributed by atoms with van der Waals surface area (Å²) in [4.78, 5) is 27.7. The lowest BCUT2D eigenvalue weighted by Gasteiger charge is -2.24. The van der Waals surface area contributed by atoms with Crippen molar-refractivity contribution >= 4 is 23.1 Å². The second-order valence-corrected chi connectivity index (χ2v) is 7.68. The number of methoxy groups -OCH3 is 2. The van der Waals surface area contributed by atoms with E-state index in [0.717, 1.165) is 11.3 Å². The van der Waals surface area contributed by atoms with Crippen molar-refractivity contribution in [1.82, 2.24) is 0 Å². The van der Waals surface area contributed by atoms with Crippen LogP contribution in [-0.2, 0) is 16.0 Å². The molecule has 0 bridgehead atoms. The zero-order valence-electron chi connectivity index (χ0n) is 18.0. The molecule has 1 atom stereocenters. The van der Waals surface area contributed by atoms with Crippen LogP contribution in [-0.4, -0.2) is 37.6 Å². The van der Waals surface area contributed by atoms with Gasteiger partial charge >= 0.3 is 0 Å². The lowest BCUT2D eigenvalue weighted by Crippen LogP contribution is -2.29. The van der Waals surface area contributed by atoms with Crippen LogP contribution in [0.3, 0.4) is 0 Å². The highest BCUT2D eigenvalue weighted by Crippen LogP contribution is 2.44. The standard InChI is InChI=1S/C25H21NO7/c1-30-17-11-16(12-18(13-17)31-2)26-22(20-4-3-8-32-20)21(24(28)25(26)29)23(27)15-5-6-19-14(10-15)7-9-33-19/h3-6,8,10-13,22,27H,7,9H2,1-2H3/b23-21-. The highest BCUT2D eigenvalue weighted by molar-refractivity contribution is 6.51. The molecule has 8 nitrogen and oxygen atoms in total. The van der Waals surface area contributed by atoms with Crippen molar-refractivity contribution in [2.24, 2.45) is 0 Å². The number of hydrogen-bond acceptors (Lipinski definition) is 7. The molecule has 5 rings (SSSR count). The largest absolute Gasteiger partial charge is 0.507 e. The molecule has 1 fully saturated rings. The lowest BCUT2D eigenvalue weighted by molar-refractivity contribution is -0.132. The van der Waals surface area contributed by atoms with Crippen molar-refractivity contribution in [1.29, 1.82) is 0 Å². The van der Waals surface area contributed by atoms with Crippen LogP contribution in [0.1, 0.15) is 22.9 Å². The molecular formula is C25H21NO7. The van der Waals surface area contributed by atoms with Gasteiger partial charge in [0.1, 0.15) is 34.8 Å². The van der Waals surface area contributed by atoms with Gasteiger partial charge in [0.25, 0.3) is 11.7 Å². The Morgan fingerprint density at radius 1 is 1.06 bits per heavy atom. The summed E-state index contributed by atoms with van der Waals surface area (Å²) in [6.45, 7) is 0.563. The van der Waals surface area contributed by atoms with Crippen molar-refractivity contribution in [3.05, 3.63) is 77.3 Å². The molecule has 1 aromatic heterocycles. The summed E-state index contributed by atoms with van der Waals surface area (Å²) >= 11 is 0. The number of ketones is 1. The zero-order chi connectivity index (χ0) is 23.1. The van der Waals surface area contributed by atoms with Crippen molar-refractivity contribution in [3.8, 4) is 17.2 Å². The number of aliphatic hydroxyl groups is 1. The fourth-order valence-electron chi connectivity index (χ4n) is 4.24. The van der Waals surface area contributed by atoms with E-state index in [1.54, 1.807) is 48.5 Å². The Labute approximate surface area is 189 Å². The van der Waals surface area contributed by atoms with Gasteiger partial charge in [-0.2, -0.15) is 0 Å². The van der Waals surface area contributed by atoms with E-state index in [1.165, 1.54) is 25.4 Å². The first-order valence-electron chi connectivity index (χ1n) is 10.4. The molecule has 33 heavy (non-hydrogen) atoms. The lowest BCUT2D eigenvalue weighted by atomic mass is 9.98. The predicted octanol–water partition coefficient (Wildman–Crippen LogP) is 3.86. The Bertz CT molecular complexity index is 1250. The first-order valence-corrected chi connectivity index (χ1v) is 10.4. The van der Waals surface area contributed by atoms with Gasteiger partial charge in [-0.3, -0.25) is 14.5 Å². The van der Waals surface area contributed by atoms with Gasteiger partial charge in [-0.1, -0.05) is 0 Å². The van der Waals surface area contributed by atoms with Crippen LogP contribution >= 0.6 is 0 Å². The number of furan rings is 1. The molecule has 0 aliphatic carbocycles. The number of amides is 1. The number of anilines is 1. The molecule has 2 aromatic carbocycles. The fraction of sp³-hybridized carbons (Fsp3) is 0.200. The second kappa shape index (κ2) is 8.05. The van der Waals surface area contributed by atoms with Crippen LogP contribution in [0.4, 0.5) is 5.69 Å². The minimum Gasteiger partial charge on any atom is -0.507 e. The van der Waals surface area contributed by atoms with Crippen molar-refractivity contribution in [3.63, 3.8) is 0 Å². The average Bonchev–Trinajstić information content (AvgIpc) is 3.58. The molecule has 168 valence electrons. The van der Waals surface area contributed by atoms with E-state index in [9.17, 15) is 14.7 Å². The maximum Gasteiger partial charge on any atom is 0.300 e. The molecule has 1 N–H and O–H groups in total. The molecule has 3 heterocycles. The summed E-state index contributed by atoms with van der Waals surface area (Å²) in [6.07, 6.45) is 2.16. The highest BCUT2D eigenvalue weighted by Gasteiger charge is 2.48. The summed E-state index contributed by atoms with van der Waals surface area (Å²) in [6, 6.07) is 12.4. The number of carbonyl (C=O) groups excluding carboxylic acids is 2. The maximum absolute atomic E-state index is 13.2. The van der Waals surface area contributed by atoms with Crippen molar-refractivity contribution in [2.75, 3.05) is 25.7 Å². The van der Waals surface area contributed by atoms with Crippen LogP contribution < -0.4 is 19.1 Å². The number of fused-ring (bicyclic) bond motifs is 1. The first-order chi connectivity index (χ1) is 16.0. The number of benzene rings is 2. The Hall–Kier alpha value is -4.20. The summed E-state index contributed by atoms with van der Waals surface area (Å²) in [5.74, 6) is 0.0956. The Morgan fingerprint density at radius 2 is 1.82 bits per heavy atom. The number of aliphatic hydroxyl groups excluding tert-OH is 1. The Kier molecular flexibility index (Phi) is 5.05. The molecular weight excluding hydrogens is 426 g/mol. The fourth-order valence-corrected chi connectivity index (χ4v) is 4.24. The molecule has 1 saturated heterocycles. The van der Waals surface area contributed by atoms with Gasteiger partial charge in [0, 0.05) is 30.2 Å². The Balaban J connectivity index is 1.69. The van der Waals surface area contributed by atoms with Crippen LogP contribution in [0.15, 0.2) is 64.8 Å². The normalized spacial score (nSPS) is 18.8. The predicted molar refractivity (Wildman–Crippen MR) is 119 cm³/mol. The molecule has 0 spiro atoms. The van der Waals surface area contributed by atoms with Gasteiger partial charge in [0.05, 0.1) is 38.4 Å². The molecule has 0 saturated carbocycles. The smallest absolute Gasteiger partial charge is 0.300 e. The molecule has 2 aliphatic rings. The Morgan fingerprint density at radius 3 is 2.48 bits per heavy atom. The van der Waals surface area contributed by atoms with Gasteiger partial charge < -0.3 is 23.7 Å². The van der Waals surface area contributed by atoms with Crippen LogP contribution in [0.2, 0.25) is 0 Å². The van der Waals surface area contributed by atoms with E-state index in [1.807, 2.05) is 0 Å². The average molecular weight is 447 g/mol. The molecule has 8 heteroatoms. The van der Waals surface area contributed by atoms with E-state index in [2.05, 4.69) is 0 Å². The number of rotatable bonds is 5. The molecule has 1 amide bonds. The number of nitrogens with zero attached hydrogens (tertiary/aromatic N) is 1. The van der Waals surface area contributed by atoms with E-state index >= 15 is 0 Å². The topological polar surface area (TPSA) is 98.4 Å². The number of ether oxygens (including phenoxy) is 3. The van der Waals surface area contributed by atoms with Crippen molar-refractivity contribution in [2.45, 2.75) is 12.5 Å². The number of Topliss-reactive ketones (excluding diaryl/α,β-unsaturated/α-hetero) is 1. The van der Waals surface area contributed by atoms with Gasteiger partial charge in [-0.25, -0.2) is 0 Å². The second-order valence-electron chi connectivity index (χ2n) is 7.68. The van der Waals surface area contributed by atoms with Crippen molar-refractivity contribution < 1.29 is 33.3 Å². The maximum atomic E-state index is 13.2. The minimum absolute atomic E-state index is 0.0596. The molecule has 0 radical (unpaired) electrons. The van der Waals surface area contributed by atoms with E-state index < -0.39 is 17.7 Å². The SMILES string of the molecule is COc1cc(OC)cc(N2C(=O)C(=O)/C(=C(\O)c3ccc4c(c3)CCO4)C2c2ccco2)c1. The van der Waals surface area contributed by atoms with Crippen LogP contribution in [0.5, 0.6) is 17.2 Å². The summed E-state index contributed by atoms with van der Waals surface area (Å²) < 4.78 is 21.8. The third-order valence-electron chi connectivity index (χ3n) is 5.83. The number of hydrogen-bond donors (Lipinski definition) is 1. The summed E-state index contributed by atoms with van der Waals surface area (Å²) in [5.41, 5.74) is 1.67. The molecule has 3 aromatic rings. The summed E-state index contributed by atoms with van der Waals surface area (Å²) in [7, 11) is 2.99. The first kappa shape index (κ1) is 20.7. The summed E-state index contributed by atoms with van der Waals surface area (Å²) in [5, 5.41) is 11.2. The van der Waals surface area contributed by atoms with Gasteiger partial charge in [0.15, 0.2) is 0 Å². The quantitative estimate of drug-likeness (QED) is 0.360. The third-order valence-corrected chi connectivity index (χ3v) is 5.83. The molecule has 2 aliphatic heterocycles. The van der Waals surface area contributed by atoms with E-state index in [-0.39, 0.29) is 11.3 Å².